The minimum Gasteiger partial charge on any atom is -0.399 e. The Morgan fingerprint density at radius 2 is 1.57 bits per heavy atom. The molecule has 21 heavy (non-hydrogen) atoms. The van der Waals surface area contributed by atoms with Gasteiger partial charge in [-0.2, -0.15) is 0 Å². The van der Waals surface area contributed by atoms with Crippen molar-refractivity contribution in [2.24, 2.45) is 0 Å². The van der Waals surface area contributed by atoms with E-state index in [4.69, 9.17) is 5.73 Å². The van der Waals surface area contributed by atoms with Crippen molar-refractivity contribution in [3.8, 4) is 0 Å². The lowest BCUT2D eigenvalue weighted by atomic mass is 9.99. The Balaban J connectivity index is 0.00000110. The van der Waals surface area contributed by atoms with E-state index in [0.717, 1.165) is 25.2 Å². The van der Waals surface area contributed by atoms with E-state index in [1.165, 1.54) is 29.7 Å². The molecule has 0 unspecified atom stereocenters. The molecule has 0 fully saturated rings. The van der Waals surface area contributed by atoms with Crippen molar-refractivity contribution in [1.82, 2.24) is 4.90 Å². The Bertz CT molecular complexity index is 555. The molecular formula is C17H22Cl2N2. The van der Waals surface area contributed by atoms with Crippen LogP contribution in [0.3, 0.4) is 0 Å². The molecule has 0 atom stereocenters. The smallest absolute Gasteiger partial charge is 0.0314 e. The molecule has 0 bridgehead atoms. The fourth-order valence-electron chi connectivity index (χ4n) is 2.72. The lowest BCUT2D eigenvalue weighted by Crippen LogP contribution is -2.32. The first-order valence-corrected chi connectivity index (χ1v) is 6.95. The normalized spacial score (nSPS) is 13.7. The van der Waals surface area contributed by atoms with E-state index in [1.807, 2.05) is 12.1 Å². The second kappa shape index (κ2) is 8.28. The molecule has 2 aromatic carbocycles. The number of anilines is 1. The van der Waals surface area contributed by atoms with Gasteiger partial charge in [0.05, 0.1) is 0 Å². The van der Waals surface area contributed by atoms with Crippen molar-refractivity contribution in [2.45, 2.75) is 19.4 Å². The number of nitrogens with zero attached hydrogens (tertiary/aromatic N) is 1. The molecule has 1 aliphatic heterocycles. The molecule has 0 saturated carbocycles. The zero-order valence-electron chi connectivity index (χ0n) is 12.0. The molecule has 2 nitrogen and oxygen atoms in total. The molecule has 0 saturated heterocycles. The third kappa shape index (κ3) is 4.63. The van der Waals surface area contributed by atoms with Gasteiger partial charge in [0, 0.05) is 25.3 Å². The second-order valence-electron chi connectivity index (χ2n) is 5.29. The van der Waals surface area contributed by atoms with Crippen LogP contribution in [0.1, 0.15) is 16.7 Å². The van der Waals surface area contributed by atoms with Gasteiger partial charge >= 0.3 is 0 Å². The summed E-state index contributed by atoms with van der Waals surface area (Å²) in [5.41, 5.74) is 10.9. The summed E-state index contributed by atoms with van der Waals surface area (Å²) in [6, 6.07) is 17.0. The summed E-state index contributed by atoms with van der Waals surface area (Å²) in [4.78, 5) is 2.54. The minimum atomic E-state index is 0. The molecule has 0 radical (unpaired) electrons. The highest BCUT2D eigenvalue weighted by Gasteiger charge is 2.14. The first-order valence-electron chi connectivity index (χ1n) is 6.95. The molecule has 0 aromatic heterocycles. The molecule has 1 heterocycles. The summed E-state index contributed by atoms with van der Waals surface area (Å²) in [6.45, 7) is 3.38. The third-order valence-electron chi connectivity index (χ3n) is 3.91. The van der Waals surface area contributed by atoms with E-state index in [1.54, 1.807) is 0 Å². The Morgan fingerprint density at radius 1 is 0.905 bits per heavy atom. The van der Waals surface area contributed by atoms with Gasteiger partial charge in [-0.3, -0.25) is 4.90 Å². The lowest BCUT2D eigenvalue weighted by Gasteiger charge is -2.28. The topological polar surface area (TPSA) is 29.3 Å². The average molecular weight is 325 g/mol. The van der Waals surface area contributed by atoms with Gasteiger partial charge in [-0.15, -0.1) is 24.8 Å². The van der Waals surface area contributed by atoms with Crippen LogP contribution in [0, 0.1) is 0 Å². The summed E-state index contributed by atoms with van der Waals surface area (Å²) in [5.74, 6) is 0. The lowest BCUT2D eigenvalue weighted by molar-refractivity contribution is 0.257. The van der Waals surface area contributed by atoms with Gasteiger partial charge < -0.3 is 5.73 Å². The van der Waals surface area contributed by atoms with Crippen LogP contribution >= 0.6 is 24.8 Å². The van der Waals surface area contributed by atoms with Crippen LogP contribution in [0.15, 0.2) is 48.5 Å². The number of nitrogens with two attached hydrogens (primary N) is 1. The number of nitrogen functional groups attached to an aromatic ring is 1. The van der Waals surface area contributed by atoms with Crippen molar-refractivity contribution in [3.63, 3.8) is 0 Å². The fourth-order valence-corrected chi connectivity index (χ4v) is 2.72. The Morgan fingerprint density at radius 3 is 2.29 bits per heavy atom. The highest BCUT2D eigenvalue weighted by atomic mass is 35.5. The van der Waals surface area contributed by atoms with Crippen molar-refractivity contribution in [1.29, 1.82) is 0 Å². The number of benzene rings is 2. The number of rotatable bonds is 3. The van der Waals surface area contributed by atoms with Crippen LogP contribution in [0.4, 0.5) is 5.69 Å². The van der Waals surface area contributed by atoms with Crippen LogP contribution < -0.4 is 5.73 Å². The van der Waals surface area contributed by atoms with Crippen molar-refractivity contribution in [3.05, 3.63) is 65.2 Å². The van der Waals surface area contributed by atoms with Crippen molar-refractivity contribution < 1.29 is 0 Å². The van der Waals surface area contributed by atoms with Gasteiger partial charge in [0.15, 0.2) is 0 Å². The fraction of sp³-hybridized carbons (Fsp3) is 0.294. The summed E-state index contributed by atoms with van der Waals surface area (Å²) >= 11 is 0. The maximum atomic E-state index is 5.71. The number of hydrogen-bond acceptors (Lipinski definition) is 2. The van der Waals surface area contributed by atoms with E-state index < -0.39 is 0 Å². The minimum absolute atomic E-state index is 0. The largest absolute Gasteiger partial charge is 0.399 e. The molecular weight excluding hydrogens is 303 g/mol. The zero-order valence-corrected chi connectivity index (χ0v) is 13.6. The van der Waals surface area contributed by atoms with Crippen LogP contribution in [0.2, 0.25) is 0 Å². The first kappa shape index (κ1) is 17.8. The Hall–Kier alpha value is -1.22. The molecule has 4 heteroatoms. The Kier molecular flexibility index (Phi) is 7.03. The van der Waals surface area contributed by atoms with Gasteiger partial charge in [-0.1, -0.05) is 36.4 Å². The van der Waals surface area contributed by atoms with Crippen LogP contribution in [-0.2, 0) is 19.4 Å². The first-order chi connectivity index (χ1) is 9.31. The van der Waals surface area contributed by atoms with Crippen LogP contribution in [-0.4, -0.2) is 18.0 Å². The monoisotopic (exact) mass is 324 g/mol. The van der Waals surface area contributed by atoms with E-state index in [0.29, 0.717) is 0 Å². The molecule has 0 amide bonds. The molecule has 3 rings (SSSR count). The second-order valence-corrected chi connectivity index (χ2v) is 5.29. The van der Waals surface area contributed by atoms with E-state index >= 15 is 0 Å². The summed E-state index contributed by atoms with van der Waals surface area (Å²) in [7, 11) is 0. The summed E-state index contributed by atoms with van der Waals surface area (Å²) < 4.78 is 0. The number of fused-ring (bicyclic) bond motifs is 1. The highest BCUT2D eigenvalue weighted by Crippen LogP contribution is 2.18. The van der Waals surface area contributed by atoms with E-state index in [9.17, 15) is 0 Å². The molecule has 0 aliphatic carbocycles. The average Bonchev–Trinajstić information content (AvgIpc) is 2.46. The SMILES string of the molecule is Cl.Cl.Nc1ccc(CCN2CCc3ccccc3C2)cc1. The summed E-state index contributed by atoms with van der Waals surface area (Å²) in [6.07, 6.45) is 2.28. The van der Waals surface area contributed by atoms with Gasteiger partial charge in [0.1, 0.15) is 0 Å². The van der Waals surface area contributed by atoms with Crippen LogP contribution in [0.25, 0.3) is 0 Å². The highest BCUT2D eigenvalue weighted by molar-refractivity contribution is 5.85. The van der Waals surface area contributed by atoms with Crippen molar-refractivity contribution in [2.75, 3.05) is 18.8 Å². The third-order valence-corrected chi connectivity index (χ3v) is 3.91. The van der Waals surface area contributed by atoms with Gasteiger partial charge in [-0.05, 0) is 41.7 Å². The number of hydrogen-bond donors (Lipinski definition) is 1. The standard InChI is InChI=1S/C17H20N2.2ClH/c18-17-7-5-14(6-8-17)9-11-19-12-10-15-3-1-2-4-16(15)13-19;;/h1-8H,9-13,18H2;2*1H. The van der Waals surface area contributed by atoms with Crippen molar-refractivity contribution >= 4 is 30.5 Å². The van der Waals surface area contributed by atoms with Crippen LogP contribution in [0.5, 0.6) is 0 Å². The van der Waals surface area contributed by atoms with Gasteiger partial charge in [-0.25, -0.2) is 0 Å². The zero-order chi connectivity index (χ0) is 13.1. The predicted octanol–water partition coefficient (Wildman–Crippen LogP) is 3.71. The Labute approximate surface area is 139 Å². The quantitative estimate of drug-likeness (QED) is 0.872. The maximum absolute atomic E-state index is 5.71. The van der Waals surface area contributed by atoms with E-state index in [-0.39, 0.29) is 24.8 Å². The number of halogens is 2. The van der Waals surface area contributed by atoms with Gasteiger partial charge in [0.2, 0.25) is 0 Å². The van der Waals surface area contributed by atoms with E-state index in [2.05, 4.69) is 41.3 Å². The molecule has 1 aliphatic rings. The molecule has 114 valence electrons. The van der Waals surface area contributed by atoms with Gasteiger partial charge in [0.25, 0.3) is 0 Å². The predicted molar refractivity (Wildman–Crippen MR) is 94.5 cm³/mol. The molecule has 2 N–H and O–H groups in total. The summed E-state index contributed by atoms with van der Waals surface area (Å²) in [5, 5.41) is 0. The molecule has 2 aromatic rings. The maximum Gasteiger partial charge on any atom is 0.0314 e. The molecule has 0 spiro atoms.